The fraction of sp³-hybridized carbons (Fsp3) is 0.571. The van der Waals surface area contributed by atoms with Gasteiger partial charge in [-0.25, -0.2) is 0 Å². The maximum absolute atomic E-state index is 12.5. The molecular formula is C14H20N2O2S. The molecule has 1 atom stereocenters. The Hall–Kier alpha value is -1.36. The first-order chi connectivity index (χ1) is 8.95. The fourth-order valence-electron chi connectivity index (χ4n) is 2.48. The van der Waals surface area contributed by atoms with Crippen molar-refractivity contribution in [1.29, 1.82) is 0 Å². The van der Waals surface area contributed by atoms with Gasteiger partial charge in [-0.2, -0.15) is 0 Å². The van der Waals surface area contributed by atoms with Gasteiger partial charge in [-0.05, 0) is 31.7 Å². The lowest BCUT2D eigenvalue weighted by atomic mass is 9.97. The van der Waals surface area contributed by atoms with Gasteiger partial charge in [0.2, 0.25) is 11.8 Å². The van der Waals surface area contributed by atoms with Gasteiger partial charge < -0.3 is 10.2 Å². The second-order valence-corrected chi connectivity index (χ2v) is 6.41. The fourth-order valence-corrected chi connectivity index (χ4v) is 3.36. The predicted octanol–water partition coefficient (Wildman–Crippen LogP) is 2.33. The maximum Gasteiger partial charge on any atom is 0.248 e. The van der Waals surface area contributed by atoms with Crippen molar-refractivity contribution in [2.45, 2.75) is 45.2 Å². The molecule has 4 nitrogen and oxygen atoms in total. The molecule has 1 saturated heterocycles. The van der Waals surface area contributed by atoms with Gasteiger partial charge in [0.15, 0.2) is 0 Å². The minimum atomic E-state index is -0.807. The first-order valence-corrected chi connectivity index (χ1v) is 7.49. The van der Waals surface area contributed by atoms with Gasteiger partial charge in [-0.1, -0.05) is 19.4 Å². The molecule has 2 rings (SSSR count). The molecule has 1 N–H and O–H groups in total. The largest absolute Gasteiger partial charge is 0.341 e. The molecule has 104 valence electrons. The van der Waals surface area contributed by atoms with Crippen LogP contribution in [-0.2, 0) is 9.59 Å². The summed E-state index contributed by atoms with van der Waals surface area (Å²) < 4.78 is 0. The zero-order valence-electron chi connectivity index (χ0n) is 11.6. The van der Waals surface area contributed by atoms with E-state index in [9.17, 15) is 9.59 Å². The number of thiophene rings is 1. The number of piperazine rings is 1. The van der Waals surface area contributed by atoms with Crippen molar-refractivity contribution in [2.24, 2.45) is 0 Å². The second-order valence-electron chi connectivity index (χ2n) is 5.43. The highest BCUT2D eigenvalue weighted by molar-refractivity contribution is 7.10. The third kappa shape index (κ3) is 2.81. The van der Waals surface area contributed by atoms with E-state index in [1.165, 1.54) is 0 Å². The van der Waals surface area contributed by atoms with Crippen LogP contribution < -0.4 is 5.32 Å². The number of carbonyl (C=O) groups is 2. The maximum atomic E-state index is 12.5. The third-order valence-corrected chi connectivity index (χ3v) is 4.34. The van der Waals surface area contributed by atoms with Crippen molar-refractivity contribution in [1.82, 2.24) is 10.2 Å². The topological polar surface area (TPSA) is 49.4 Å². The van der Waals surface area contributed by atoms with Gasteiger partial charge in [-0.15, -0.1) is 11.3 Å². The van der Waals surface area contributed by atoms with E-state index in [0.717, 1.165) is 17.7 Å². The highest BCUT2D eigenvalue weighted by Gasteiger charge is 2.42. The van der Waals surface area contributed by atoms with E-state index in [4.69, 9.17) is 0 Å². The summed E-state index contributed by atoms with van der Waals surface area (Å²) in [5.41, 5.74) is -0.807. The van der Waals surface area contributed by atoms with E-state index in [1.54, 1.807) is 30.1 Å². The Balaban J connectivity index is 2.30. The van der Waals surface area contributed by atoms with E-state index in [1.807, 2.05) is 17.5 Å². The highest BCUT2D eigenvalue weighted by atomic mass is 32.1. The summed E-state index contributed by atoms with van der Waals surface area (Å²) in [6, 6.07) is 4.04. The van der Waals surface area contributed by atoms with Gasteiger partial charge in [-0.3, -0.25) is 9.59 Å². The zero-order chi connectivity index (χ0) is 14.0. The van der Waals surface area contributed by atoms with E-state index in [2.05, 4.69) is 12.2 Å². The summed E-state index contributed by atoms with van der Waals surface area (Å²) >= 11 is 1.64. The van der Waals surface area contributed by atoms with Crippen LogP contribution in [0.5, 0.6) is 0 Å². The lowest BCUT2D eigenvalue weighted by molar-refractivity contribution is -0.151. The van der Waals surface area contributed by atoms with Crippen LogP contribution in [0.1, 0.15) is 44.5 Å². The van der Waals surface area contributed by atoms with E-state index < -0.39 is 5.54 Å². The van der Waals surface area contributed by atoms with Crippen LogP contribution in [0, 0.1) is 0 Å². The van der Waals surface area contributed by atoms with Crippen LogP contribution in [0.2, 0.25) is 0 Å². The van der Waals surface area contributed by atoms with Gasteiger partial charge in [0.25, 0.3) is 0 Å². The van der Waals surface area contributed by atoms with Crippen LogP contribution >= 0.6 is 11.3 Å². The van der Waals surface area contributed by atoms with Gasteiger partial charge in [0, 0.05) is 4.88 Å². The summed E-state index contributed by atoms with van der Waals surface area (Å²) in [6.45, 7) is 5.78. The summed E-state index contributed by atoms with van der Waals surface area (Å²) in [6.07, 6.45) is 1.87. The van der Waals surface area contributed by atoms with Gasteiger partial charge >= 0.3 is 0 Å². The predicted molar refractivity (Wildman–Crippen MR) is 75.9 cm³/mol. The average Bonchev–Trinajstić information content (AvgIpc) is 2.84. The molecule has 1 unspecified atom stereocenters. The normalized spacial score (nSPS) is 20.3. The Morgan fingerprint density at radius 1 is 1.47 bits per heavy atom. The lowest BCUT2D eigenvalue weighted by Gasteiger charge is -2.41. The van der Waals surface area contributed by atoms with Crippen LogP contribution in [0.4, 0.5) is 0 Å². The number of carbonyl (C=O) groups excluding carboxylic acids is 2. The minimum Gasteiger partial charge on any atom is -0.341 e. The monoisotopic (exact) mass is 280 g/mol. The van der Waals surface area contributed by atoms with Crippen LogP contribution in [0.3, 0.4) is 0 Å². The Labute approximate surface area is 117 Å². The Kier molecular flexibility index (Phi) is 3.94. The second kappa shape index (κ2) is 5.33. The van der Waals surface area contributed by atoms with Crippen molar-refractivity contribution in [2.75, 3.05) is 6.54 Å². The average molecular weight is 280 g/mol. The van der Waals surface area contributed by atoms with Gasteiger partial charge in [0.05, 0.1) is 6.04 Å². The standard InChI is InChI=1S/C14H20N2O2S/c1-4-6-10(11-7-5-8-19-11)16-9-12(17)15-14(2,3)13(16)18/h5,7-8,10H,4,6,9H2,1-3H3,(H,15,17). The molecule has 5 heteroatoms. The van der Waals surface area contributed by atoms with Crippen molar-refractivity contribution < 1.29 is 9.59 Å². The Morgan fingerprint density at radius 3 is 2.79 bits per heavy atom. The van der Waals surface area contributed by atoms with E-state index in [0.29, 0.717) is 0 Å². The SMILES string of the molecule is CCCC(c1cccs1)N1CC(=O)NC(C)(C)C1=O. The molecule has 0 radical (unpaired) electrons. The Morgan fingerprint density at radius 2 is 2.21 bits per heavy atom. The highest BCUT2D eigenvalue weighted by Crippen LogP contribution is 2.32. The molecule has 19 heavy (non-hydrogen) atoms. The molecular weight excluding hydrogens is 260 g/mol. The molecule has 2 amide bonds. The summed E-state index contributed by atoms with van der Waals surface area (Å²) in [5, 5.41) is 4.76. The van der Waals surface area contributed by atoms with Crippen molar-refractivity contribution in [3.63, 3.8) is 0 Å². The summed E-state index contributed by atoms with van der Waals surface area (Å²) in [4.78, 5) is 27.2. The molecule has 1 aliphatic rings. The molecule has 0 bridgehead atoms. The molecule has 0 spiro atoms. The first-order valence-electron chi connectivity index (χ1n) is 6.61. The minimum absolute atomic E-state index is 0.000972. The van der Waals surface area contributed by atoms with Crippen LogP contribution in [0.25, 0.3) is 0 Å². The molecule has 1 aromatic heterocycles. The molecule has 1 aromatic rings. The number of nitrogens with one attached hydrogen (secondary N) is 1. The van der Waals surface area contributed by atoms with Crippen molar-refractivity contribution in [3.8, 4) is 0 Å². The number of hydrogen-bond acceptors (Lipinski definition) is 3. The first kappa shape index (κ1) is 14.1. The number of rotatable bonds is 4. The quantitative estimate of drug-likeness (QED) is 0.920. The molecule has 0 aliphatic carbocycles. The molecule has 0 saturated carbocycles. The Bertz CT molecular complexity index is 468. The number of amides is 2. The summed E-state index contributed by atoms with van der Waals surface area (Å²) in [7, 11) is 0. The molecule has 2 heterocycles. The lowest BCUT2D eigenvalue weighted by Crippen LogP contribution is -2.64. The smallest absolute Gasteiger partial charge is 0.248 e. The van der Waals surface area contributed by atoms with Crippen LogP contribution in [-0.4, -0.2) is 28.8 Å². The number of nitrogens with zero attached hydrogens (tertiary/aromatic N) is 1. The molecule has 1 aliphatic heterocycles. The summed E-state index contributed by atoms with van der Waals surface area (Å²) in [5.74, 6) is -0.0822. The molecule has 0 aromatic carbocycles. The van der Waals surface area contributed by atoms with Gasteiger partial charge in [0.1, 0.15) is 12.1 Å². The van der Waals surface area contributed by atoms with Crippen molar-refractivity contribution >= 4 is 23.2 Å². The molecule has 1 fully saturated rings. The zero-order valence-corrected chi connectivity index (χ0v) is 12.4. The van der Waals surface area contributed by atoms with E-state index >= 15 is 0 Å². The third-order valence-electron chi connectivity index (χ3n) is 3.37. The van der Waals surface area contributed by atoms with Crippen molar-refractivity contribution in [3.05, 3.63) is 22.4 Å². The van der Waals surface area contributed by atoms with Crippen LogP contribution in [0.15, 0.2) is 17.5 Å². The number of hydrogen-bond donors (Lipinski definition) is 1. The van der Waals surface area contributed by atoms with E-state index in [-0.39, 0.29) is 24.4 Å².